The maximum Gasteiger partial charge on any atom is 0.272 e. The molecule has 0 spiro atoms. The molecule has 5 rings (SSSR count). The number of amides is 1. The third-order valence-electron chi connectivity index (χ3n) is 6.36. The van der Waals surface area contributed by atoms with Crippen LogP contribution in [0.5, 0.6) is 0 Å². The number of nitrogens with zero attached hydrogens (tertiary/aromatic N) is 4. The second-order valence-corrected chi connectivity index (χ2v) is 8.29. The number of piperidine rings is 1. The van der Waals surface area contributed by atoms with Crippen LogP contribution in [0.1, 0.15) is 34.5 Å². The molecule has 1 aromatic heterocycles. The number of nitrogens with one attached hydrogen (secondary N) is 1. The molecule has 6 nitrogen and oxygen atoms in total. The lowest BCUT2D eigenvalue weighted by atomic mass is 9.95. The zero-order chi connectivity index (χ0) is 21.0. The van der Waals surface area contributed by atoms with Crippen molar-refractivity contribution in [2.75, 3.05) is 25.0 Å². The number of anilines is 2. The summed E-state index contributed by atoms with van der Waals surface area (Å²) in [5.41, 5.74) is 4.31. The van der Waals surface area contributed by atoms with Crippen molar-refractivity contribution in [1.29, 1.82) is 0 Å². The summed E-state index contributed by atoms with van der Waals surface area (Å²) in [7, 11) is 0. The Morgan fingerprint density at radius 1 is 0.903 bits per heavy atom. The molecule has 31 heavy (non-hydrogen) atoms. The molecule has 2 aliphatic heterocycles. The van der Waals surface area contributed by atoms with E-state index in [0.29, 0.717) is 17.6 Å². The maximum absolute atomic E-state index is 13.0. The number of likely N-dealkylation sites (tertiary alicyclic amines) is 1. The Hall–Kier alpha value is -3.25. The van der Waals surface area contributed by atoms with Crippen LogP contribution in [0.15, 0.2) is 67.0 Å². The Balaban J connectivity index is 1.19. The predicted molar refractivity (Wildman–Crippen MR) is 121 cm³/mol. The van der Waals surface area contributed by atoms with Gasteiger partial charge in [0.2, 0.25) is 0 Å². The second kappa shape index (κ2) is 8.86. The molecule has 3 heterocycles. The molecule has 1 saturated heterocycles. The molecule has 0 aliphatic carbocycles. The monoisotopic (exact) mass is 413 g/mol. The highest BCUT2D eigenvalue weighted by atomic mass is 16.2. The van der Waals surface area contributed by atoms with Crippen molar-refractivity contribution in [2.24, 2.45) is 0 Å². The molecular formula is C25H27N5O. The van der Waals surface area contributed by atoms with Crippen LogP contribution in [-0.2, 0) is 13.0 Å². The van der Waals surface area contributed by atoms with E-state index in [0.717, 1.165) is 51.1 Å². The summed E-state index contributed by atoms with van der Waals surface area (Å²) in [6, 6.07) is 20.8. The van der Waals surface area contributed by atoms with E-state index in [1.54, 1.807) is 6.07 Å². The smallest absolute Gasteiger partial charge is 0.272 e. The highest BCUT2D eigenvalue weighted by Gasteiger charge is 2.29. The zero-order valence-corrected chi connectivity index (χ0v) is 17.6. The number of hydrogen-bond acceptors (Lipinski definition) is 5. The van der Waals surface area contributed by atoms with Gasteiger partial charge in [-0.05, 0) is 42.5 Å². The number of benzene rings is 2. The minimum atomic E-state index is -0.0130. The summed E-state index contributed by atoms with van der Waals surface area (Å²) in [6.45, 7) is 3.67. The fourth-order valence-corrected chi connectivity index (χ4v) is 4.64. The van der Waals surface area contributed by atoms with Crippen LogP contribution in [0.4, 0.5) is 11.5 Å². The van der Waals surface area contributed by atoms with Gasteiger partial charge in [0, 0.05) is 44.0 Å². The van der Waals surface area contributed by atoms with Crippen LogP contribution in [0.25, 0.3) is 0 Å². The van der Waals surface area contributed by atoms with Gasteiger partial charge in [-0.1, -0.05) is 42.5 Å². The normalized spacial score (nSPS) is 17.2. The number of carbonyl (C=O) groups is 1. The standard InChI is InChI=1S/C25H27N5O/c31-25(23-16-24(27-18-26-23)28-21-8-2-1-3-9-21)29-14-11-22(12-15-29)30-13-10-19-6-4-5-7-20(19)17-30/h1-9,16,18,22H,10-15,17H2,(H,26,27,28). The topological polar surface area (TPSA) is 61.4 Å². The molecule has 0 radical (unpaired) electrons. The van der Waals surface area contributed by atoms with E-state index in [-0.39, 0.29) is 5.91 Å². The molecule has 0 unspecified atom stereocenters. The molecule has 3 aromatic rings. The summed E-state index contributed by atoms with van der Waals surface area (Å²) < 4.78 is 0. The lowest BCUT2D eigenvalue weighted by Crippen LogP contribution is -2.48. The van der Waals surface area contributed by atoms with E-state index >= 15 is 0 Å². The summed E-state index contributed by atoms with van der Waals surface area (Å²) in [5, 5.41) is 3.23. The quantitative estimate of drug-likeness (QED) is 0.703. The van der Waals surface area contributed by atoms with Gasteiger partial charge in [-0.25, -0.2) is 9.97 Å². The summed E-state index contributed by atoms with van der Waals surface area (Å²) >= 11 is 0. The Bertz CT molecular complexity index is 1050. The number of para-hydroxylation sites is 1. The Kier molecular flexibility index (Phi) is 5.63. The number of rotatable bonds is 4. The second-order valence-electron chi connectivity index (χ2n) is 8.29. The molecule has 2 aliphatic rings. The van der Waals surface area contributed by atoms with Crippen LogP contribution < -0.4 is 5.32 Å². The van der Waals surface area contributed by atoms with Crippen LogP contribution in [0.2, 0.25) is 0 Å². The van der Waals surface area contributed by atoms with E-state index < -0.39 is 0 Å². The molecule has 1 fully saturated rings. The van der Waals surface area contributed by atoms with Gasteiger partial charge in [0.05, 0.1) is 0 Å². The summed E-state index contributed by atoms with van der Waals surface area (Å²) in [4.78, 5) is 26.1. The zero-order valence-electron chi connectivity index (χ0n) is 17.6. The fraction of sp³-hybridized carbons (Fsp3) is 0.320. The van der Waals surface area contributed by atoms with Crippen LogP contribution in [0.3, 0.4) is 0 Å². The molecule has 6 heteroatoms. The Morgan fingerprint density at radius 3 is 2.45 bits per heavy atom. The fourth-order valence-electron chi connectivity index (χ4n) is 4.64. The van der Waals surface area contributed by atoms with Gasteiger partial charge in [-0.15, -0.1) is 0 Å². The third-order valence-corrected chi connectivity index (χ3v) is 6.36. The first-order chi connectivity index (χ1) is 15.3. The average Bonchev–Trinajstić information content (AvgIpc) is 2.84. The maximum atomic E-state index is 13.0. The first kappa shape index (κ1) is 19.7. The summed E-state index contributed by atoms with van der Waals surface area (Å²) in [6.07, 6.45) is 4.59. The van der Waals surface area contributed by atoms with Crippen molar-refractivity contribution >= 4 is 17.4 Å². The first-order valence-corrected chi connectivity index (χ1v) is 11.0. The van der Waals surface area contributed by atoms with Gasteiger partial charge in [-0.3, -0.25) is 9.69 Å². The lowest BCUT2D eigenvalue weighted by Gasteiger charge is -2.40. The molecule has 0 bridgehead atoms. The van der Waals surface area contributed by atoms with Gasteiger partial charge in [0.15, 0.2) is 0 Å². The number of fused-ring (bicyclic) bond motifs is 1. The van der Waals surface area contributed by atoms with Gasteiger partial charge in [-0.2, -0.15) is 0 Å². The number of carbonyl (C=O) groups excluding carboxylic acids is 1. The van der Waals surface area contributed by atoms with Crippen molar-refractivity contribution in [3.8, 4) is 0 Å². The van der Waals surface area contributed by atoms with Crippen LogP contribution in [0, 0.1) is 0 Å². The minimum Gasteiger partial charge on any atom is -0.340 e. The van der Waals surface area contributed by atoms with Crippen molar-refractivity contribution in [3.05, 3.63) is 83.8 Å². The van der Waals surface area contributed by atoms with E-state index in [9.17, 15) is 4.79 Å². The van der Waals surface area contributed by atoms with Crippen molar-refractivity contribution in [3.63, 3.8) is 0 Å². The Labute approximate surface area is 182 Å². The third kappa shape index (κ3) is 4.44. The number of hydrogen-bond donors (Lipinski definition) is 1. The SMILES string of the molecule is O=C(c1cc(Nc2ccccc2)ncn1)N1CCC(N2CCc3ccccc3C2)CC1. The van der Waals surface area contributed by atoms with Crippen LogP contribution >= 0.6 is 0 Å². The largest absolute Gasteiger partial charge is 0.340 e. The van der Waals surface area contributed by atoms with Gasteiger partial charge in [0.1, 0.15) is 17.8 Å². The predicted octanol–water partition coefficient (Wildman–Crippen LogP) is 3.88. The van der Waals surface area contributed by atoms with Gasteiger partial charge in [0.25, 0.3) is 5.91 Å². The van der Waals surface area contributed by atoms with Gasteiger partial charge < -0.3 is 10.2 Å². The van der Waals surface area contributed by atoms with Crippen molar-refractivity contribution in [1.82, 2.24) is 19.8 Å². The molecular weight excluding hydrogens is 386 g/mol. The van der Waals surface area contributed by atoms with E-state index in [4.69, 9.17) is 0 Å². The van der Waals surface area contributed by atoms with E-state index in [1.165, 1.54) is 17.5 Å². The van der Waals surface area contributed by atoms with Gasteiger partial charge >= 0.3 is 0 Å². The first-order valence-electron chi connectivity index (χ1n) is 11.0. The van der Waals surface area contributed by atoms with Crippen molar-refractivity contribution < 1.29 is 4.79 Å². The molecule has 0 atom stereocenters. The Morgan fingerprint density at radius 2 is 1.65 bits per heavy atom. The molecule has 0 saturated carbocycles. The highest BCUT2D eigenvalue weighted by molar-refractivity contribution is 5.93. The van der Waals surface area contributed by atoms with E-state index in [1.807, 2.05) is 35.2 Å². The minimum absolute atomic E-state index is 0.0130. The highest BCUT2D eigenvalue weighted by Crippen LogP contribution is 2.25. The molecule has 1 N–H and O–H groups in total. The van der Waals surface area contributed by atoms with E-state index in [2.05, 4.69) is 44.5 Å². The molecule has 1 amide bonds. The molecule has 2 aromatic carbocycles. The molecule has 158 valence electrons. The number of aromatic nitrogens is 2. The average molecular weight is 414 g/mol. The summed E-state index contributed by atoms with van der Waals surface area (Å²) in [5.74, 6) is 0.618. The lowest BCUT2D eigenvalue weighted by molar-refractivity contribution is 0.0594. The van der Waals surface area contributed by atoms with Crippen molar-refractivity contribution in [2.45, 2.75) is 31.8 Å². The van der Waals surface area contributed by atoms with Crippen LogP contribution in [-0.4, -0.2) is 51.4 Å².